The SMILES string of the molecule is COCCNS(=O)(=O)c1ccc(C(Oc2ccc(C#N)cc2)C(=O)Nc2nc3cc(CO)c(CO)cc3s2)cc1. The number of methoxy groups -OCH3 is 1. The van der Waals surface area contributed by atoms with Gasteiger partial charge in [0.05, 0.1) is 46.6 Å². The minimum atomic E-state index is -3.78. The van der Waals surface area contributed by atoms with Gasteiger partial charge in [-0.15, -0.1) is 0 Å². The first-order chi connectivity index (χ1) is 19.3. The smallest absolute Gasteiger partial charge is 0.271 e. The number of nitriles is 1. The van der Waals surface area contributed by atoms with Crippen LogP contribution in [0.5, 0.6) is 5.75 Å². The third-order valence-electron chi connectivity index (χ3n) is 5.85. The molecule has 0 aliphatic carbocycles. The summed E-state index contributed by atoms with van der Waals surface area (Å²) in [6.45, 7) is -0.194. The summed E-state index contributed by atoms with van der Waals surface area (Å²) < 4.78 is 39.1. The fourth-order valence-corrected chi connectivity index (χ4v) is 5.71. The molecule has 0 aliphatic heterocycles. The zero-order valence-electron chi connectivity index (χ0n) is 21.3. The molecule has 13 heteroatoms. The third kappa shape index (κ3) is 6.80. The maximum atomic E-state index is 13.5. The second-order valence-electron chi connectivity index (χ2n) is 8.51. The van der Waals surface area contributed by atoms with Crippen molar-refractivity contribution in [3.05, 3.63) is 82.9 Å². The maximum Gasteiger partial charge on any atom is 0.271 e. The Morgan fingerprint density at radius 3 is 2.38 bits per heavy atom. The number of anilines is 1. The number of sulfonamides is 1. The van der Waals surface area contributed by atoms with Crippen LogP contribution in [0.15, 0.2) is 65.6 Å². The van der Waals surface area contributed by atoms with Gasteiger partial charge in [0.25, 0.3) is 5.91 Å². The van der Waals surface area contributed by atoms with Gasteiger partial charge in [-0.25, -0.2) is 18.1 Å². The van der Waals surface area contributed by atoms with E-state index in [1.54, 1.807) is 36.4 Å². The number of rotatable bonds is 12. The summed E-state index contributed by atoms with van der Waals surface area (Å²) >= 11 is 1.19. The number of hydrogen-bond acceptors (Lipinski definition) is 10. The molecule has 208 valence electrons. The molecule has 0 radical (unpaired) electrons. The molecule has 1 unspecified atom stereocenters. The Labute approximate surface area is 234 Å². The van der Waals surface area contributed by atoms with Gasteiger partial charge in [-0.1, -0.05) is 23.5 Å². The van der Waals surface area contributed by atoms with Crippen LogP contribution < -0.4 is 14.8 Å². The average Bonchev–Trinajstić information content (AvgIpc) is 3.36. The van der Waals surface area contributed by atoms with E-state index in [4.69, 9.17) is 14.7 Å². The number of aromatic nitrogens is 1. The van der Waals surface area contributed by atoms with Gasteiger partial charge >= 0.3 is 0 Å². The van der Waals surface area contributed by atoms with Gasteiger partial charge in [0.2, 0.25) is 16.1 Å². The van der Waals surface area contributed by atoms with Crippen LogP contribution in [0, 0.1) is 11.3 Å². The third-order valence-corrected chi connectivity index (χ3v) is 8.26. The molecule has 0 saturated carbocycles. The van der Waals surface area contributed by atoms with Crippen LogP contribution in [0.4, 0.5) is 5.13 Å². The number of aliphatic hydroxyl groups excluding tert-OH is 2. The quantitative estimate of drug-likeness (QED) is 0.183. The molecule has 4 aromatic rings. The van der Waals surface area contributed by atoms with Crippen molar-refractivity contribution in [1.29, 1.82) is 5.26 Å². The molecule has 0 aliphatic rings. The van der Waals surface area contributed by atoms with E-state index in [-0.39, 0.29) is 36.4 Å². The number of hydrogen-bond donors (Lipinski definition) is 4. The van der Waals surface area contributed by atoms with Crippen LogP contribution in [0.25, 0.3) is 10.2 Å². The highest BCUT2D eigenvalue weighted by Gasteiger charge is 2.25. The number of carbonyl (C=O) groups excluding carboxylic acids is 1. The zero-order valence-corrected chi connectivity index (χ0v) is 23.0. The molecule has 4 N–H and O–H groups in total. The number of benzene rings is 3. The van der Waals surface area contributed by atoms with Gasteiger partial charge in [0, 0.05) is 19.2 Å². The summed E-state index contributed by atoms with van der Waals surface area (Å²) in [5, 5.41) is 31.2. The normalized spacial score (nSPS) is 12.2. The maximum absolute atomic E-state index is 13.5. The highest BCUT2D eigenvalue weighted by atomic mass is 32.2. The largest absolute Gasteiger partial charge is 0.476 e. The van der Waals surface area contributed by atoms with Crippen LogP contribution in [0.3, 0.4) is 0 Å². The second kappa shape index (κ2) is 13.0. The van der Waals surface area contributed by atoms with Crippen LogP contribution >= 0.6 is 11.3 Å². The summed E-state index contributed by atoms with van der Waals surface area (Å²) in [5.74, 6) is -0.247. The van der Waals surface area contributed by atoms with E-state index in [0.29, 0.717) is 38.2 Å². The molecule has 40 heavy (non-hydrogen) atoms. The Morgan fingerprint density at radius 2 is 1.75 bits per heavy atom. The van der Waals surface area contributed by atoms with Gasteiger partial charge in [0.1, 0.15) is 5.75 Å². The van der Waals surface area contributed by atoms with E-state index in [2.05, 4.69) is 15.0 Å². The Balaban J connectivity index is 1.62. The number of nitrogens with one attached hydrogen (secondary N) is 2. The summed E-state index contributed by atoms with van der Waals surface area (Å²) in [6.07, 6.45) is -1.20. The molecular weight excluding hydrogens is 556 g/mol. The first kappa shape index (κ1) is 29.1. The van der Waals surface area contributed by atoms with Gasteiger partial charge in [-0.2, -0.15) is 5.26 Å². The fourth-order valence-electron chi connectivity index (χ4n) is 3.78. The zero-order chi connectivity index (χ0) is 28.7. The van der Waals surface area contributed by atoms with E-state index >= 15 is 0 Å². The number of thiazole rings is 1. The van der Waals surface area contributed by atoms with E-state index in [9.17, 15) is 23.4 Å². The van der Waals surface area contributed by atoms with Gasteiger partial charge in [-0.05, 0) is 59.7 Å². The molecule has 1 amide bonds. The molecule has 0 fully saturated rings. The molecule has 0 spiro atoms. The van der Waals surface area contributed by atoms with Crippen molar-refractivity contribution in [3.8, 4) is 11.8 Å². The number of carbonyl (C=O) groups is 1. The Morgan fingerprint density at radius 1 is 1.07 bits per heavy atom. The van der Waals surface area contributed by atoms with Crippen LogP contribution in [0.1, 0.15) is 28.4 Å². The number of fused-ring (bicyclic) bond motifs is 1. The molecule has 0 saturated heterocycles. The lowest BCUT2D eigenvalue weighted by Gasteiger charge is -2.19. The monoisotopic (exact) mass is 582 g/mol. The van der Waals surface area contributed by atoms with Crippen molar-refractivity contribution in [2.75, 3.05) is 25.6 Å². The average molecular weight is 583 g/mol. The van der Waals surface area contributed by atoms with Crippen molar-refractivity contribution in [1.82, 2.24) is 9.71 Å². The highest BCUT2D eigenvalue weighted by molar-refractivity contribution is 7.89. The minimum Gasteiger partial charge on any atom is -0.476 e. The molecule has 1 atom stereocenters. The fraction of sp³-hybridized carbons (Fsp3) is 0.222. The number of aliphatic hydroxyl groups is 2. The van der Waals surface area contributed by atoms with E-state index < -0.39 is 22.0 Å². The Kier molecular flexibility index (Phi) is 9.43. The number of nitrogens with zero attached hydrogens (tertiary/aromatic N) is 2. The second-order valence-corrected chi connectivity index (χ2v) is 11.3. The molecule has 0 bridgehead atoms. The van der Waals surface area contributed by atoms with Crippen molar-refractivity contribution >= 4 is 42.6 Å². The standard InChI is InChI=1S/C27H26N4O7S2/c1-37-11-10-29-40(35,36)22-8-4-18(5-9-22)25(38-21-6-2-17(14-28)3-7-21)26(34)31-27-30-23-12-19(15-32)20(16-33)13-24(23)39-27/h2-9,12-13,25,29,32-33H,10-11,15-16H2,1H3,(H,30,31,34). The molecule has 11 nitrogen and oxygen atoms in total. The van der Waals surface area contributed by atoms with Crippen LogP contribution in [-0.4, -0.2) is 49.8 Å². The minimum absolute atomic E-state index is 0.00966. The summed E-state index contributed by atoms with van der Waals surface area (Å²) in [7, 11) is -2.32. The summed E-state index contributed by atoms with van der Waals surface area (Å²) in [5.41, 5.74) is 2.44. The first-order valence-corrected chi connectivity index (χ1v) is 14.3. The molecular formula is C27H26N4O7S2. The van der Waals surface area contributed by atoms with E-state index in [0.717, 1.165) is 0 Å². The van der Waals surface area contributed by atoms with Crippen molar-refractivity contribution in [2.24, 2.45) is 0 Å². The van der Waals surface area contributed by atoms with E-state index in [1.807, 2.05) is 6.07 Å². The lowest BCUT2D eigenvalue weighted by Crippen LogP contribution is -2.28. The predicted octanol–water partition coefficient (Wildman–Crippen LogP) is 2.84. The summed E-state index contributed by atoms with van der Waals surface area (Å²) in [4.78, 5) is 17.9. The number of ether oxygens (including phenoxy) is 2. The molecule has 1 heterocycles. The topological polar surface area (TPSA) is 171 Å². The Bertz CT molecular complexity index is 1590. The van der Waals surface area contributed by atoms with Gasteiger partial charge in [0.15, 0.2) is 5.13 Å². The summed E-state index contributed by atoms with van der Waals surface area (Å²) in [6, 6.07) is 17.3. The number of amides is 1. The predicted molar refractivity (Wildman–Crippen MR) is 148 cm³/mol. The van der Waals surface area contributed by atoms with Crippen molar-refractivity contribution in [3.63, 3.8) is 0 Å². The lowest BCUT2D eigenvalue weighted by molar-refractivity contribution is -0.123. The van der Waals surface area contributed by atoms with Crippen LogP contribution in [-0.2, 0) is 32.8 Å². The molecule has 4 rings (SSSR count). The Hall–Kier alpha value is -3.90. The van der Waals surface area contributed by atoms with Crippen molar-refractivity contribution < 1.29 is 32.9 Å². The van der Waals surface area contributed by atoms with E-state index in [1.165, 1.54) is 42.7 Å². The highest BCUT2D eigenvalue weighted by Crippen LogP contribution is 2.31. The molecule has 1 aromatic heterocycles. The van der Waals surface area contributed by atoms with Gasteiger partial charge < -0.3 is 19.7 Å². The van der Waals surface area contributed by atoms with Gasteiger partial charge in [-0.3, -0.25) is 10.1 Å². The van der Waals surface area contributed by atoms with Crippen LogP contribution in [0.2, 0.25) is 0 Å². The lowest BCUT2D eigenvalue weighted by atomic mass is 10.1. The first-order valence-electron chi connectivity index (χ1n) is 12.0. The van der Waals surface area contributed by atoms with Crippen molar-refractivity contribution in [2.45, 2.75) is 24.2 Å². The molecule has 3 aromatic carbocycles.